The van der Waals surface area contributed by atoms with Crippen molar-refractivity contribution >= 4 is 21.6 Å². The van der Waals surface area contributed by atoms with Gasteiger partial charge in [0, 0.05) is 4.88 Å². The van der Waals surface area contributed by atoms with Gasteiger partial charge in [0.05, 0.1) is 11.9 Å². The lowest BCUT2D eigenvalue weighted by atomic mass is 10.0. The van der Waals surface area contributed by atoms with Crippen LogP contribution in [0.4, 0.5) is 0 Å². The van der Waals surface area contributed by atoms with Crippen LogP contribution in [-0.4, -0.2) is 9.55 Å². The summed E-state index contributed by atoms with van der Waals surface area (Å²) in [4.78, 5) is 29.1. The summed E-state index contributed by atoms with van der Waals surface area (Å²) in [7, 11) is 0. The van der Waals surface area contributed by atoms with Gasteiger partial charge >= 0.3 is 5.69 Å². The normalized spacial score (nSPS) is 11.5. The highest BCUT2D eigenvalue weighted by Gasteiger charge is 2.10. The van der Waals surface area contributed by atoms with Gasteiger partial charge in [0.25, 0.3) is 5.56 Å². The minimum atomic E-state index is -0.354. The number of hydrogen-bond donors (Lipinski definition) is 1. The Morgan fingerprint density at radius 3 is 2.50 bits per heavy atom. The summed E-state index contributed by atoms with van der Waals surface area (Å²) in [6.45, 7) is 6.49. The molecule has 0 saturated carbocycles. The van der Waals surface area contributed by atoms with Gasteiger partial charge in [0.2, 0.25) is 0 Å². The zero-order valence-corrected chi connectivity index (χ0v) is 13.7. The molecule has 5 heteroatoms. The van der Waals surface area contributed by atoms with Crippen LogP contribution < -0.4 is 11.2 Å². The van der Waals surface area contributed by atoms with E-state index in [1.165, 1.54) is 21.5 Å². The molecule has 4 nitrogen and oxygen atoms in total. The van der Waals surface area contributed by atoms with Crippen LogP contribution in [0.1, 0.15) is 35.8 Å². The molecule has 114 valence electrons. The molecule has 0 fully saturated rings. The first-order valence-electron chi connectivity index (χ1n) is 7.28. The molecule has 2 aromatic heterocycles. The maximum atomic E-state index is 12.5. The van der Waals surface area contributed by atoms with Crippen LogP contribution >= 0.6 is 11.3 Å². The van der Waals surface area contributed by atoms with E-state index in [2.05, 4.69) is 18.8 Å². The van der Waals surface area contributed by atoms with E-state index in [9.17, 15) is 9.59 Å². The fourth-order valence-corrected chi connectivity index (χ4v) is 3.40. The second-order valence-electron chi connectivity index (χ2n) is 5.82. The molecule has 0 amide bonds. The average molecular weight is 314 g/mol. The molecule has 1 N–H and O–H groups in total. The summed E-state index contributed by atoms with van der Waals surface area (Å²) in [6, 6.07) is 9.88. The number of rotatable bonds is 3. The third-order valence-corrected chi connectivity index (χ3v) is 4.75. The third kappa shape index (κ3) is 2.64. The molecule has 0 radical (unpaired) electrons. The molecule has 1 aromatic carbocycles. The molecule has 3 rings (SSSR count). The van der Waals surface area contributed by atoms with E-state index in [0.717, 1.165) is 10.4 Å². The van der Waals surface area contributed by atoms with Gasteiger partial charge < -0.3 is 0 Å². The van der Waals surface area contributed by atoms with Crippen LogP contribution in [0.25, 0.3) is 10.2 Å². The van der Waals surface area contributed by atoms with Gasteiger partial charge in [-0.2, -0.15) is 0 Å². The maximum absolute atomic E-state index is 12.5. The number of aryl methyl sites for hydroxylation is 1. The number of nitrogens with one attached hydrogen (secondary N) is 1. The summed E-state index contributed by atoms with van der Waals surface area (Å²) in [6.07, 6.45) is 0. The molecule has 0 atom stereocenters. The number of aromatic amines is 1. The lowest BCUT2D eigenvalue weighted by Gasteiger charge is -2.08. The number of thiophene rings is 1. The molecular weight excluding hydrogens is 296 g/mol. The van der Waals surface area contributed by atoms with E-state index in [-0.39, 0.29) is 17.8 Å². The van der Waals surface area contributed by atoms with Gasteiger partial charge in [-0.15, -0.1) is 11.3 Å². The second-order valence-corrected chi connectivity index (χ2v) is 7.07. The number of H-pyrrole nitrogens is 1. The summed E-state index contributed by atoms with van der Waals surface area (Å²) in [5, 5.41) is 0.584. The van der Waals surface area contributed by atoms with Crippen molar-refractivity contribution in [2.45, 2.75) is 33.2 Å². The highest BCUT2D eigenvalue weighted by atomic mass is 32.1. The fraction of sp³-hybridized carbons (Fsp3) is 0.294. The van der Waals surface area contributed by atoms with Gasteiger partial charge in [-0.1, -0.05) is 38.1 Å². The first-order chi connectivity index (χ1) is 10.5. The molecule has 22 heavy (non-hydrogen) atoms. The highest BCUT2D eigenvalue weighted by molar-refractivity contribution is 7.18. The topological polar surface area (TPSA) is 54.9 Å². The number of fused-ring (bicyclic) bond motifs is 1. The molecule has 0 aliphatic rings. The minimum Gasteiger partial charge on any atom is -0.298 e. The van der Waals surface area contributed by atoms with Crippen molar-refractivity contribution in [3.05, 3.63) is 67.2 Å². The van der Waals surface area contributed by atoms with E-state index in [0.29, 0.717) is 16.1 Å². The molecule has 0 aliphatic carbocycles. The lowest BCUT2D eigenvalue weighted by Crippen LogP contribution is -2.34. The van der Waals surface area contributed by atoms with Gasteiger partial charge in [0.1, 0.15) is 4.83 Å². The number of hydrogen-bond acceptors (Lipinski definition) is 3. The van der Waals surface area contributed by atoms with Crippen molar-refractivity contribution in [1.82, 2.24) is 9.55 Å². The quantitative estimate of drug-likeness (QED) is 0.807. The van der Waals surface area contributed by atoms with Gasteiger partial charge in [-0.05, 0) is 30.0 Å². The first-order valence-corrected chi connectivity index (χ1v) is 8.09. The van der Waals surface area contributed by atoms with E-state index >= 15 is 0 Å². The summed E-state index contributed by atoms with van der Waals surface area (Å²) < 4.78 is 1.26. The van der Waals surface area contributed by atoms with Crippen LogP contribution in [0.2, 0.25) is 0 Å². The van der Waals surface area contributed by atoms with Gasteiger partial charge in [-0.3, -0.25) is 14.3 Å². The van der Waals surface area contributed by atoms with Crippen LogP contribution in [0.15, 0.2) is 39.9 Å². The number of benzene rings is 1. The van der Waals surface area contributed by atoms with Gasteiger partial charge in [0.15, 0.2) is 0 Å². The standard InChI is InChI=1S/C17H18N2O2S/c1-10(2)13-6-4-12(5-7-13)9-19-16(20)14-8-11(3)22-15(14)18-17(19)21/h4-8,10H,9H2,1-3H3,(H,18,21). The molecule has 2 heterocycles. The van der Waals surface area contributed by atoms with Crippen molar-refractivity contribution in [2.24, 2.45) is 0 Å². The summed E-state index contributed by atoms with van der Waals surface area (Å²) in [5.41, 5.74) is 1.61. The van der Waals surface area contributed by atoms with Crippen molar-refractivity contribution in [3.63, 3.8) is 0 Å². The predicted molar refractivity (Wildman–Crippen MR) is 91.1 cm³/mol. The maximum Gasteiger partial charge on any atom is 0.329 e. The van der Waals surface area contributed by atoms with Crippen LogP contribution in [0.5, 0.6) is 0 Å². The molecule has 0 spiro atoms. The largest absolute Gasteiger partial charge is 0.329 e. The van der Waals surface area contributed by atoms with Gasteiger partial charge in [-0.25, -0.2) is 4.79 Å². The average Bonchev–Trinajstić information content (AvgIpc) is 2.84. The van der Waals surface area contributed by atoms with Crippen molar-refractivity contribution in [1.29, 1.82) is 0 Å². The molecule has 0 bridgehead atoms. The lowest BCUT2D eigenvalue weighted by molar-refractivity contribution is 0.712. The number of aromatic nitrogens is 2. The highest BCUT2D eigenvalue weighted by Crippen LogP contribution is 2.19. The third-order valence-electron chi connectivity index (χ3n) is 3.78. The minimum absolute atomic E-state index is 0.226. The van der Waals surface area contributed by atoms with Crippen LogP contribution in [0, 0.1) is 6.92 Å². The van der Waals surface area contributed by atoms with Crippen LogP contribution in [0.3, 0.4) is 0 Å². The van der Waals surface area contributed by atoms with Crippen molar-refractivity contribution < 1.29 is 0 Å². The summed E-state index contributed by atoms with van der Waals surface area (Å²) >= 11 is 1.43. The molecule has 0 aliphatic heterocycles. The van der Waals surface area contributed by atoms with Crippen LogP contribution in [-0.2, 0) is 6.54 Å². The van der Waals surface area contributed by atoms with Crippen molar-refractivity contribution in [2.75, 3.05) is 0 Å². The molecular formula is C17H18N2O2S. The van der Waals surface area contributed by atoms with E-state index in [4.69, 9.17) is 0 Å². The fourth-order valence-electron chi connectivity index (χ4n) is 2.50. The Morgan fingerprint density at radius 1 is 1.18 bits per heavy atom. The smallest absolute Gasteiger partial charge is 0.298 e. The predicted octanol–water partition coefficient (Wildman–Crippen LogP) is 3.23. The Balaban J connectivity index is 2.03. The SMILES string of the molecule is Cc1cc2c(=O)n(Cc3ccc(C(C)C)cc3)c(=O)[nH]c2s1. The Bertz CT molecular complexity index is 930. The Hall–Kier alpha value is -2.14. The molecule has 3 aromatic rings. The molecule has 0 saturated heterocycles. The second kappa shape index (κ2) is 5.57. The Labute approximate surface area is 132 Å². The zero-order chi connectivity index (χ0) is 15.9. The number of nitrogens with zero attached hydrogens (tertiary/aromatic N) is 1. The Morgan fingerprint density at radius 2 is 1.86 bits per heavy atom. The van der Waals surface area contributed by atoms with E-state index in [1.807, 2.05) is 37.3 Å². The van der Waals surface area contributed by atoms with E-state index in [1.54, 1.807) is 0 Å². The molecule has 0 unspecified atom stereocenters. The zero-order valence-electron chi connectivity index (χ0n) is 12.8. The summed E-state index contributed by atoms with van der Waals surface area (Å²) in [5.74, 6) is 0.463. The Kier molecular flexibility index (Phi) is 3.74. The van der Waals surface area contributed by atoms with Crippen molar-refractivity contribution in [3.8, 4) is 0 Å². The van der Waals surface area contributed by atoms with E-state index < -0.39 is 0 Å². The first kappa shape index (κ1) is 14.8. The monoisotopic (exact) mass is 314 g/mol.